The molecule has 1 atom stereocenters. The number of carbonyl (C=O) groups is 1. The second-order valence-corrected chi connectivity index (χ2v) is 8.52. The summed E-state index contributed by atoms with van der Waals surface area (Å²) in [5, 5.41) is 8.10. The second-order valence-electron chi connectivity index (χ2n) is 8.52. The van der Waals surface area contributed by atoms with Crippen molar-refractivity contribution in [3.05, 3.63) is 101 Å². The van der Waals surface area contributed by atoms with E-state index in [1.54, 1.807) is 11.8 Å². The number of carbonyl (C=O) groups excluding carboxylic acids is 1. The molecule has 1 aliphatic rings. The van der Waals surface area contributed by atoms with Gasteiger partial charge in [0.05, 0.1) is 24.4 Å². The molecule has 0 saturated heterocycles. The van der Waals surface area contributed by atoms with Crippen LogP contribution in [0.3, 0.4) is 0 Å². The molecule has 0 fully saturated rings. The summed E-state index contributed by atoms with van der Waals surface area (Å²) in [6.07, 6.45) is 4.88. The highest BCUT2D eigenvalue weighted by Gasteiger charge is 2.25. The topological polar surface area (TPSA) is 56.2 Å². The van der Waals surface area contributed by atoms with Crippen molar-refractivity contribution in [1.82, 2.24) is 15.1 Å². The summed E-state index contributed by atoms with van der Waals surface area (Å²) in [4.78, 5) is 13.6. The van der Waals surface area contributed by atoms with Crippen LogP contribution in [-0.2, 0) is 6.42 Å². The average molecular weight is 438 g/mol. The Labute approximate surface area is 194 Å². The number of benzene rings is 3. The van der Waals surface area contributed by atoms with Crippen LogP contribution in [0.15, 0.2) is 79.0 Å². The molecule has 4 aromatic rings. The molecule has 0 unspecified atom stereocenters. The van der Waals surface area contributed by atoms with Gasteiger partial charge in [-0.05, 0) is 61.6 Å². The van der Waals surface area contributed by atoms with Gasteiger partial charge < -0.3 is 10.1 Å². The number of rotatable bonds is 5. The average Bonchev–Trinajstić information content (AvgIpc) is 3.30. The van der Waals surface area contributed by atoms with Crippen molar-refractivity contribution in [1.29, 1.82) is 0 Å². The molecule has 1 heterocycles. The first kappa shape index (κ1) is 21.0. The fourth-order valence-corrected chi connectivity index (χ4v) is 4.49. The fraction of sp³-hybridized carbons (Fsp3) is 0.214. The minimum atomic E-state index is -0.118. The van der Waals surface area contributed by atoms with Crippen LogP contribution in [0.25, 0.3) is 16.9 Å². The number of nitrogens with one attached hydrogen (secondary N) is 1. The molecule has 1 aromatic heterocycles. The van der Waals surface area contributed by atoms with E-state index < -0.39 is 0 Å². The van der Waals surface area contributed by atoms with E-state index in [1.807, 2.05) is 60.8 Å². The van der Waals surface area contributed by atoms with Crippen molar-refractivity contribution < 1.29 is 9.53 Å². The molecule has 5 nitrogen and oxygen atoms in total. The highest BCUT2D eigenvalue weighted by Crippen LogP contribution is 2.31. The third-order valence-electron chi connectivity index (χ3n) is 6.28. The number of amides is 1. The molecule has 1 amide bonds. The van der Waals surface area contributed by atoms with Crippen molar-refractivity contribution in [2.45, 2.75) is 32.2 Å². The maximum atomic E-state index is 13.6. The molecule has 0 spiro atoms. The van der Waals surface area contributed by atoms with Crippen LogP contribution < -0.4 is 10.1 Å². The lowest BCUT2D eigenvalue weighted by molar-refractivity contribution is 0.0933. The summed E-state index contributed by atoms with van der Waals surface area (Å²) in [6.45, 7) is 2.05. The van der Waals surface area contributed by atoms with E-state index in [0.717, 1.165) is 36.3 Å². The van der Waals surface area contributed by atoms with E-state index >= 15 is 0 Å². The summed E-state index contributed by atoms with van der Waals surface area (Å²) in [6, 6.07) is 24.2. The molecule has 1 N–H and O–H groups in total. The molecular formula is C28H27N3O2. The van der Waals surface area contributed by atoms with Gasteiger partial charge in [-0.15, -0.1) is 0 Å². The van der Waals surface area contributed by atoms with Gasteiger partial charge >= 0.3 is 0 Å². The molecule has 5 rings (SSSR count). The monoisotopic (exact) mass is 437 g/mol. The number of aromatic nitrogens is 2. The summed E-state index contributed by atoms with van der Waals surface area (Å²) in [5.41, 5.74) is 6.64. The zero-order valence-electron chi connectivity index (χ0n) is 18.9. The number of ether oxygens (including phenoxy) is 1. The molecule has 1 aliphatic carbocycles. The summed E-state index contributed by atoms with van der Waals surface area (Å²) in [5.74, 6) is 0.609. The lowest BCUT2D eigenvalue weighted by Gasteiger charge is -2.26. The summed E-state index contributed by atoms with van der Waals surface area (Å²) >= 11 is 0. The molecule has 5 heteroatoms. The Morgan fingerprint density at radius 2 is 1.88 bits per heavy atom. The standard InChI is InChI=1S/C28H27N3O2/c1-19-13-15-22(16-14-19)31-18-25(27(30-31)21-9-5-10-23(17-21)33-2)28(32)29-26-12-6-8-20-7-3-4-11-24(20)26/h3-5,7,9-11,13-18,26H,6,8,12H2,1-2H3,(H,29,32)/t26-/m0/s1. The van der Waals surface area contributed by atoms with Crippen LogP contribution >= 0.6 is 0 Å². The van der Waals surface area contributed by atoms with E-state index in [4.69, 9.17) is 9.84 Å². The Balaban J connectivity index is 1.54. The van der Waals surface area contributed by atoms with Crippen molar-refractivity contribution in [3.63, 3.8) is 0 Å². The Morgan fingerprint density at radius 1 is 1.06 bits per heavy atom. The van der Waals surface area contributed by atoms with Crippen LogP contribution in [-0.4, -0.2) is 22.8 Å². The predicted molar refractivity (Wildman–Crippen MR) is 130 cm³/mol. The van der Waals surface area contributed by atoms with E-state index in [1.165, 1.54) is 16.7 Å². The van der Waals surface area contributed by atoms with Crippen LogP contribution in [0.4, 0.5) is 0 Å². The number of fused-ring (bicyclic) bond motifs is 1. The zero-order valence-corrected chi connectivity index (χ0v) is 18.9. The van der Waals surface area contributed by atoms with Gasteiger partial charge in [0.15, 0.2) is 0 Å². The predicted octanol–water partition coefficient (Wildman–Crippen LogP) is 5.66. The quantitative estimate of drug-likeness (QED) is 0.438. The highest BCUT2D eigenvalue weighted by molar-refractivity contribution is 6.00. The number of nitrogens with zero attached hydrogens (tertiary/aromatic N) is 2. The van der Waals surface area contributed by atoms with Gasteiger partial charge in [0, 0.05) is 11.8 Å². The second kappa shape index (κ2) is 8.94. The van der Waals surface area contributed by atoms with E-state index in [0.29, 0.717) is 11.3 Å². The largest absolute Gasteiger partial charge is 0.497 e. The molecule has 0 aliphatic heterocycles. The number of methoxy groups -OCH3 is 1. The van der Waals surface area contributed by atoms with E-state index in [9.17, 15) is 4.79 Å². The Kier molecular flexibility index (Phi) is 5.69. The summed E-state index contributed by atoms with van der Waals surface area (Å²) in [7, 11) is 1.64. The molecular weight excluding hydrogens is 410 g/mol. The van der Waals surface area contributed by atoms with Gasteiger partial charge in [-0.2, -0.15) is 5.10 Å². The first-order valence-corrected chi connectivity index (χ1v) is 11.3. The minimum absolute atomic E-state index is 0.00309. The van der Waals surface area contributed by atoms with Crippen molar-refractivity contribution in [2.75, 3.05) is 7.11 Å². The SMILES string of the molecule is COc1cccc(-c2nn(-c3ccc(C)cc3)cc2C(=O)N[C@H]2CCCc3ccccc32)c1. The molecule has 3 aromatic carbocycles. The maximum Gasteiger partial charge on any atom is 0.255 e. The molecule has 0 saturated carbocycles. The maximum absolute atomic E-state index is 13.6. The Morgan fingerprint density at radius 3 is 2.70 bits per heavy atom. The van der Waals surface area contributed by atoms with Crippen molar-refractivity contribution >= 4 is 5.91 Å². The molecule has 33 heavy (non-hydrogen) atoms. The van der Waals surface area contributed by atoms with Crippen LogP contribution in [0.2, 0.25) is 0 Å². The zero-order chi connectivity index (χ0) is 22.8. The van der Waals surface area contributed by atoms with Crippen molar-refractivity contribution in [2.24, 2.45) is 0 Å². The third kappa shape index (κ3) is 4.27. The van der Waals surface area contributed by atoms with Crippen molar-refractivity contribution in [3.8, 4) is 22.7 Å². The number of hydrogen-bond donors (Lipinski definition) is 1. The van der Waals surface area contributed by atoms with Crippen LogP contribution in [0, 0.1) is 6.92 Å². The third-order valence-corrected chi connectivity index (χ3v) is 6.28. The van der Waals surface area contributed by atoms with E-state index in [2.05, 4.69) is 30.4 Å². The van der Waals surface area contributed by atoms with Gasteiger partial charge in [-0.25, -0.2) is 4.68 Å². The van der Waals surface area contributed by atoms with Gasteiger partial charge in [0.2, 0.25) is 0 Å². The van der Waals surface area contributed by atoms with Gasteiger partial charge in [-0.1, -0.05) is 54.1 Å². The fourth-order valence-electron chi connectivity index (χ4n) is 4.49. The Hall–Kier alpha value is -3.86. The molecule has 166 valence electrons. The van der Waals surface area contributed by atoms with E-state index in [-0.39, 0.29) is 11.9 Å². The van der Waals surface area contributed by atoms with Gasteiger partial charge in [0.25, 0.3) is 5.91 Å². The Bertz CT molecular complexity index is 1290. The first-order valence-electron chi connectivity index (χ1n) is 11.3. The smallest absolute Gasteiger partial charge is 0.255 e. The number of aryl methyl sites for hydroxylation is 2. The lowest BCUT2D eigenvalue weighted by Crippen LogP contribution is -2.31. The van der Waals surface area contributed by atoms with Crippen LogP contribution in [0.1, 0.15) is 45.9 Å². The minimum Gasteiger partial charge on any atom is -0.497 e. The lowest BCUT2D eigenvalue weighted by atomic mass is 9.87. The number of hydrogen-bond acceptors (Lipinski definition) is 3. The van der Waals surface area contributed by atoms with Gasteiger partial charge in [-0.3, -0.25) is 4.79 Å². The molecule has 0 bridgehead atoms. The first-order chi connectivity index (χ1) is 16.1. The summed E-state index contributed by atoms with van der Waals surface area (Å²) < 4.78 is 7.18. The molecule has 0 radical (unpaired) electrons. The van der Waals surface area contributed by atoms with Gasteiger partial charge in [0.1, 0.15) is 11.4 Å². The van der Waals surface area contributed by atoms with Crippen LogP contribution in [0.5, 0.6) is 5.75 Å². The highest BCUT2D eigenvalue weighted by atomic mass is 16.5. The normalized spacial score (nSPS) is 15.0.